The van der Waals surface area contributed by atoms with E-state index in [0.29, 0.717) is 6.04 Å². The number of rotatable bonds is 5. The summed E-state index contributed by atoms with van der Waals surface area (Å²) in [6.07, 6.45) is -2.44. The van der Waals surface area contributed by atoms with Gasteiger partial charge in [0, 0.05) is 6.04 Å². The van der Waals surface area contributed by atoms with Gasteiger partial charge in [-0.05, 0) is 44.0 Å². The van der Waals surface area contributed by atoms with Crippen molar-refractivity contribution in [3.8, 4) is 0 Å². The molecule has 1 aromatic rings. The first kappa shape index (κ1) is 14.0. The summed E-state index contributed by atoms with van der Waals surface area (Å²) < 4.78 is 36.9. The molecule has 0 spiro atoms. The van der Waals surface area contributed by atoms with E-state index in [1.165, 1.54) is 0 Å². The van der Waals surface area contributed by atoms with Gasteiger partial charge in [0.05, 0.1) is 5.56 Å². The Labute approximate surface area is 100 Å². The molecule has 1 rings (SSSR count). The van der Waals surface area contributed by atoms with Crippen molar-refractivity contribution in [2.75, 3.05) is 6.54 Å². The fourth-order valence-corrected chi connectivity index (χ4v) is 1.47. The summed E-state index contributed by atoms with van der Waals surface area (Å²) in [5.74, 6) is 0. The predicted octanol–water partition coefficient (Wildman–Crippen LogP) is 3.64. The quantitative estimate of drug-likeness (QED) is 0.835. The predicted molar refractivity (Wildman–Crippen MR) is 62.9 cm³/mol. The van der Waals surface area contributed by atoms with Crippen LogP contribution in [-0.4, -0.2) is 12.6 Å². The van der Waals surface area contributed by atoms with Crippen LogP contribution >= 0.6 is 0 Å². The third kappa shape index (κ3) is 4.77. The Kier molecular flexibility index (Phi) is 5.00. The molecular formula is C13H18F3N. The van der Waals surface area contributed by atoms with Crippen LogP contribution in [0.1, 0.15) is 31.4 Å². The van der Waals surface area contributed by atoms with E-state index in [1.54, 1.807) is 12.1 Å². The monoisotopic (exact) mass is 245 g/mol. The van der Waals surface area contributed by atoms with Crippen LogP contribution in [0.4, 0.5) is 13.2 Å². The molecule has 0 bridgehead atoms. The molecule has 0 saturated carbocycles. The van der Waals surface area contributed by atoms with Crippen molar-refractivity contribution < 1.29 is 13.2 Å². The fraction of sp³-hybridized carbons (Fsp3) is 0.538. The van der Waals surface area contributed by atoms with Crippen LogP contribution in [0.15, 0.2) is 24.3 Å². The van der Waals surface area contributed by atoms with Crippen LogP contribution in [0.25, 0.3) is 0 Å². The van der Waals surface area contributed by atoms with E-state index in [1.807, 2.05) is 0 Å². The molecule has 0 aromatic heterocycles. The smallest absolute Gasteiger partial charge is 0.314 e. The van der Waals surface area contributed by atoms with Gasteiger partial charge >= 0.3 is 6.18 Å². The SMILES string of the molecule is CCC(C)NCCc1ccc(C(F)(F)F)cc1. The number of nitrogens with one attached hydrogen (secondary N) is 1. The highest BCUT2D eigenvalue weighted by Gasteiger charge is 2.29. The van der Waals surface area contributed by atoms with E-state index in [9.17, 15) is 13.2 Å². The molecule has 17 heavy (non-hydrogen) atoms. The number of hydrogen-bond acceptors (Lipinski definition) is 1. The largest absolute Gasteiger partial charge is 0.416 e. The van der Waals surface area contributed by atoms with E-state index in [4.69, 9.17) is 0 Å². The lowest BCUT2D eigenvalue weighted by atomic mass is 10.1. The Bertz CT molecular complexity index is 330. The number of benzene rings is 1. The van der Waals surface area contributed by atoms with Crippen molar-refractivity contribution in [3.05, 3.63) is 35.4 Å². The molecule has 0 amide bonds. The van der Waals surface area contributed by atoms with Crippen LogP contribution in [-0.2, 0) is 12.6 Å². The third-order valence-corrected chi connectivity index (χ3v) is 2.80. The van der Waals surface area contributed by atoms with Crippen molar-refractivity contribution >= 4 is 0 Å². The summed E-state index contributed by atoms with van der Waals surface area (Å²) in [7, 11) is 0. The fourth-order valence-electron chi connectivity index (χ4n) is 1.47. The Morgan fingerprint density at radius 2 is 1.76 bits per heavy atom. The van der Waals surface area contributed by atoms with Crippen molar-refractivity contribution in [1.82, 2.24) is 5.32 Å². The van der Waals surface area contributed by atoms with Gasteiger partial charge in [-0.1, -0.05) is 19.1 Å². The van der Waals surface area contributed by atoms with Crippen molar-refractivity contribution in [2.24, 2.45) is 0 Å². The first-order chi connectivity index (χ1) is 7.93. The summed E-state index contributed by atoms with van der Waals surface area (Å²) in [4.78, 5) is 0. The lowest BCUT2D eigenvalue weighted by Gasteiger charge is -2.11. The summed E-state index contributed by atoms with van der Waals surface area (Å²) >= 11 is 0. The normalized spacial score (nSPS) is 13.7. The number of alkyl halides is 3. The Balaban J connectivity index is 2.46. The molecule has 0 fully saturated rings. The third-order valence-electron chi connectivity index (χ3n) is 2.80. The van der Waals surface area contributed by atoms with Gasteiger partial charge in [0.25, 0.3) is 0 Å². The second-order valence-corrected chi connectivity index (χ2v) is 4.21. The van der Waals surface area contributed by atoms with Gasteiger partial charge in [0.2, 0.25) is 0 Å². The van der Waals surface area contributed by atoms with Crippen LogP contribution in [0.2, 0.25) is 0 Å². The summed E-state index contributed by atoms with van der Waals surface area (Å²) in [6.45, 7) is 4.98. The Hall–Kier alpha value is -1.03. The molecule has 0 aliphatic carbocycles. The first-order valence-corrected chi connectivity index (χ1v) is 5.83. The van der Waals surface area contributed by atoms with Crippen molar-refractivity contribution in [2.45, 2.75) is 38.9 Å². The zero-order chi connectivity index (χ0) is 12.9. The molecule has 0 radical (unpaired) electrons. The van der Waals surface area contributed by atoms with Crippen LogP contribution in [0, 0.1) is 0 Å². The average molecular weight is 245 g/mol. The first-order valence-electron chi connectivity index (χ1n) is 5.83. The zero-order valence-electron chi connectivity index (χ0n) is 10.1. The van der Waals surface area contributed by atoms with E-state index in [2.05, 4.69) is 19.2 Å². The van der Waals surface area contributed by atoms with Gasteiger partial charge in [-0.25, -0.2) is 0 Å². The average Bonchev–Trinajstić information content (AvgIpc) is 2.28. The van der Waals surface area contributed by atoms with Crippen LogP contribution in [0.3, 0.4) is 0 Å². The second-order valence-electron chi connectivity index (χ2n) is 4.21. The highest BCUT2D eigenvalue weighted by molar-refractivity contribution is 5.24. The maximum absolute atomic E-state index is 12.3. The van der Waals surface area contributed by atoms with Gasteiger partial charge < -0.3 is 5.32 Å². The highest BCUT2D eigenvalue weighted by Crippen LogP contribution is 2.29. The molecule has 1 unspecified atom stereocenters. The molecule has 1 aromatic carbocycles. The van der Waals surface area contributed by atoms with Gasteiger partial charge in [0.15, 0.2) is 0 Å². The number of hydrogen-bond donors (Lipinski definition) is 1. The molecule has 0 aliphatic heterocycles. The Morgan fingerprint density at radius 1 is 1.18 bits per heavy atom. The minimum absolute atomic E-state index is 0.449. The standard InChI is InChI=1S/C13H18F3N/c1-3-10(2)17-9-8-11-4-6-12(7-5-11)13(14,15)16/h4-7,10,17H,3,8-9H2,1-2H3. The molecule has 1 nitrogen and oxygen atoms in total. The topological polar surface area (TPSA) is 12.0 Å². The lowest BCUT2D eigenvalue weighted by molar-refractivity contribution is -0.137. The molecule has 1 N–H and O–H groups in total. The Morgan fingerprint density at radius 3 is 2.24 bits per heavy atom. The minimum Gasteiger partial charge on any atom is -0.314 e. The van der Waals surface area contributed by atoms with Crippen molar-refractivity contribution in [3.63, 3.8) is 0 Å². The minimum atomic E-state index is -4.24. The van der Waals surface area contributed by atoms with Gasteiger partial charge in [-0.15, -0.1) is 0 Å². The molecule has 1 atom stereocenters. The molecule has 0 saturated heterocycles. The van der Waals surface area contributed by atoms with E-state index >= 15 is 0 Å². The second kappa shape index (κ2) is 6.05. The van der Waals surface area contributed by atoms with Gasteiger partial charge in [-0.2, -0.15) is 13.2 Å². The van der Waals surface area contributed by atoms with Crippen LogP contribution in [0.5, 0.6) is 0 Å². The summed E-state index contributed by atoms with van der Waals surface area (Å²) in [6, 6.07) is 5.81. The zero-order valence-corrected chi connectivity index (χ0v) is 10.1. The number of halogens is 3. The van der Waals surface area contributed by atoms with E-state index < -0.39 is 11.7 Å². The lowest BCUT2D eigenvalue weighted by Crippen LogP contribution is -2.27. The highest BCUT2D eigenvalue weighted by atomic mass is 19.4. The molecule has 96 valence electrons. The van der Waals surface area contributed by atoms with Gasteiger partial charge in [-0.3, -0.25) is 0 Å². The molecular weight excluding hydrogens is 227 g/mol. The van der Waals surface area contributed by atoms with Crippen LogP contribution < -0.4 is 5.32 Å². The van der Waals surface area contributed by atoms with E-state index in [0.717, 1.165) is 37.1 Å². The molecule has 4 heteroatoms. The maximum atomic E-state index is 12.3. The maximum Gasteiger partial charge on any atom is 0.416 e. The molecule has 0 aliphatic rings. The van der Waals surface area contributed by atoms with E-state index in [-0.39, 0.29) is 0 Å². The summed E-state index contributed by atoms with van der Waals surface area (Å²) in [5.41, 5.74) is 0.338. The van der Waals surface area contributed by atoms with Gasteiger partial charge in [0.1, 0.15) is 0 Å². The molecule has 0 heterocycles. The summed E-state index contributed by atoms with van der Waals surface area (Å²) in [5, 5.41) is 3.30. The van der Waals surface area contributed by atoms with Crippen molar-refractivity contribution in [1.29, 1.82) is 0 Å².